The molecule has 0 spiro atoms. The Labute approximate surface area is 162 Å². The predicted molar refractivity (Wildman–Crippen MR) is 108 cm³/mol. The van der Waals surface area contributed by atoms with Gasteiger partial charge >= 0.3 is 0 Å². The SMILES string of the molecule is Cc1nc(N)cc(Nc2ncc(C(=O)Nc3c(C)cccc3I)s2)n1. The van der Waals surface area contributed by atoms with Crippen molar-refractivity contribution in [2.45, 2.75) is 13.8 Å². The molecule has 1 aromatic carbocycles. The Kier molecular flexibility index (Phi) is 5.13. The first-order valence-corrected chi connectivity index (χ1v) is 9.22. The summed E-state index contributed by atoms with van der Waals surface area (Å²) in [7, 11) is 0. The maximum absolute atomic E-state index is 12.5. The lowest BCUT2D eigenvalue weighted by Crippen LogP contribution is -2.12. The van der Waals surface area contributed by atoms with Gasteiger partial charge in [-0.15, -0.1) is 0 Å². The van der Waals surface area contributed by atoms with Crippen LogP contribution in [0.5, 0.6) is 0 Å². The highest BCUT2D eigenvalue weighted by Crippen LogP contribution is 2.26. The van der Waals surface area contributed by atoms with Gasteiger partial charge in [0.25, 0.3) is 5.91 Å². The number of nitrogen functional groups attached to an aromatic ring is 1. The summed E-state index contributed by atoms with van der Waals surface area (Å²) in [5.74, 6) is 1.28. The number of aryl methyl sites for hydroxylation is 2. The quantitative estimate of drug-likeness (QED) is 0.506. The molecule has 0 atom stereocenters. The molecular formula is C16H15IN6OS. The number of para-hydroxylation sites is 1. The summed E-state index contributed by atoms with van der Waals surface area (Å²) in [6.45, 7) is 3.71. The monoisotopic (exact) mass is 466 g/mol. The molecule has 0 aliphatic rings. The van der Waals surface area contributed by atoms with E-state index in [1.54, 1.807) is 13.0 Å². The van der Waals surface area contributed by atoms with Crippen LogP contribution in [-0.2, 0) is 0 Å². The van der Waals surface area contributed by atoms with Gasteiger partial charge in [0.1, 0.15) is 22.3 Å². The Morgan fingerprint density at radius 3 is 2.80 bits per heavy atom. The lowest BCUT2D eigenvalue weighted by atomic mass is 10.2. The number of nitrogens with one attached hydrogen (secondary N) is 2. The van der Waals surface area contributed by atoms with E-state index in [0.29, 0.717) is 27.5 Å². The number of amides is 1. The molecule has 0 saturated carbocycles. The first-order valence-electron chi connectivity index (χ1n) is 7.33. The number of nitrogens with two attached hydrogens (primary N) is 1. The Hall–Kier alpha value is -2.27. The van der Waals surface area contributed by atoms with Crippen molar-refractivity contribution in [2.24, 2.45) is 0 Å². The van der Waals surface area contributed by atoms with Gasteiger partial charge in [-0.3, -0.25) is 4.79 Å². The average molecular weight is 466 g/mol. The van der Waals surface area contributed by atoms with Crippen LogP contribution in [0.3, 0.4) is 0 Å². The van der Waals surface area contributed by atoms with E-state index in [1.807, 2.05) is 25.1 Å². The molecule has 0 radical (unpaired) electrons. The van der Waals surface area contributed by atoms with Gasteiger partial charge in [0.15, 0.2) is 5.13 Å². The Balaban J connectivity index is 1.75. The molecule has 9 heteroatoms. The van der Waals surface area contributed by atoms with Crippen LogP contribution in [0, 0.1) is 17.4 Å². The van der Waals surface area contributed by atoms with Crippen LogP contribution >= 0.6 is 33.9 Å². The van der Waals surface area contributed by atoms with E-state index in [9.17, 15) is 4.79 Å². The number of hydrogen-bond acceptors (Lipinski definition) is 7. The number of nitrogens with zero attached hydrogens (tertiary/aromatic N) is 3. The van der Waals surface area contributed by atoms with Crippen LogP contribution in [0.1, 0.15) is 21.1 Å². The molecule has 0 saturated heterocycles. The van der Waals surface area contributed by atoms with E-state index in [0.717, 1.165) is 14.8 Å². The molecule has 4 N–H and O–H groups in total. The minimum atomic E-state index is -0.198. The van der Waals surface area contributed by atoms with Gasteiger partial charge in [-0.1, -0.05) is 23.5 Å². The zero-order valence-corrected chi connectivity index (χ0v) is 16.5. The van der Waals surface area contributed by atoms with Gasteiger partial charge in [0.2, 0.25) is 0 Å². The third-order valence-corrected chi connectivity index (χ3v) is 5.09. The van der Waals surface area contributed by atoms with Gasteiger partial charge in [-0.2, -0.15) is 0 Å². The zero-order valence-electron chi connectivity index (χ0n) is 13.5. The minimum absolute atomic E-state index is 0.198. The molecule has 0 aliphatic carbocycles. The van der Waals surface area contributed by atoms with E-state index >= 15 is 0 Å². The second-order valence-electron chi connectivity index (χ2n) is 5.27. The molecule has 25 heavy (non-hydrogen) atoms. The van der Waals surface area contributed by atoms with Crippen molar-refractivity contribution in [2.75, 3.05) is 16.4 Å². The molecule has 0 bridgehead atoms. The first kappa shape index (κ1) is 17.5. The summed E-state index contributed by atoms with van der Waals surface area (Å²) in [6, 6.07) is 7.48. The number of aromatic nitrogens is 3. The number of benzene rings is 1. The largest absolute Gasteiger partial charge is 0.384 e. The highest BCUT2D eigenvalue weighted by Gasteiger charge is 2.14. The number of carbonyl (C=O) groups is 1. The number of thiazole rings is 1. The van der Waals surface area contributed by atoms with E-state index in [2.05, 4.69) is 48.2 Å². The first-order chi connectivity index (χ1) is 11.9. The fourth-order valence-electron chi connectivity index (χ4n) is 2.17. The molecule has 2 heterocycles. The van der Waals surface area contributed by atoms with Crippen molar-refractivity contribution >= 4 is 62.3 Å². The van der Waals surface area contributed by atoms with Crippen LogP contribution in [0.25, 0.3) is 0 Å². The van der Waals surface area contributed by atoms with Crippen LogP contribution in [0.4, 0.5) is 22.5 Å². The maximum atomic E-state index is 12.5. The second kappa shape index (κ2) is 7.31. The van der Waals surface area contributed by atoms with Crippen LogP contribution in [-0.4, -0.2) is 20.9 Å². The molecule has 1 amide bonds. The molecule has 3 rings (SSSR count). The van der Waals surface area contributed by atoms with Gasteiger partial charge in [-0.05, 0) is 48.1 Å². The Morgan fingerprint density at radius 2 is 2.08 bits per heavy atom. The Morgan fingerprint density at radius 1 is 1.28 bits per heavy atom. The van der Waals surface area contributed by atoms with E-state index in [1.165, 1.54) is 17.5 Å². The summed E-state index contributed by atoms with van der Waals surface area (Å²) in [5, 5.41) is 6.54. The van der Waals surface area contributed by atoms with Crippen molar-refractivity contribution in [1.29, 1.82) is 0 Å². The third kappa shape index (κ3) is 4.23. The van der Waals surface area contributed by atoms with Crippen LogP contribution in [0.15, 0.2) is 30.5 Å². The lowest BCUT2D eigenvalue weighted by molar-refractivity contribution is 0.103. The van der Waals surface area contributed by atoms with Gasteiger partial charge < -0.3 is 16.4 Å². The number of carbonyl (C=O) groups excluding carboxylic acids is 1. The van der Waals surface area contributed by atoms with Crippen molar-refractivity contribution in [1.82, 2.24) is 15.0 Å². The minimum Gasteiger partial charge on any atom is -0.384 e. The summed E-state index contributed by atoms with van der Waals surface area (Å²) >= 11 is 3.44. The van der Waals surface area contributed by atoms with Gasteiger partial charge in [0, 0.05) is 9.64 Å². The average Bonchev–Trinajstić information content (AvgIpc) is 2.98. The van der Waals surface area contributed by atoms with Gasteiger partial charge in [0.05, 0.1) is 11.9 Å². The van der Waals surface area contributed by atoms with E-state index in [-0.39, 0.29) is 5.91 Å². The summed E-state index contributed by atoms with van der Waals surface area (Å²) in [4.78, 5) is 25.5. The summed E-state index contributed by atoms with van der Waals surface area (Å²) < 4.78 is 0.987. The number of rotatable bonds is 4. The smallest absolute Gasteiger partial charge is 0.267 e. The predicted octanol–water partition coefficient (Wildman–Crippen LogP) is 3.73. The van der Waals surface area contributed by atoms with Crippen LogP contribution < -0.4 is 16.4 Å². The van der Waals surface area contributed by atoms with Crippen molar-refractivity contribution in [3.05, 3.63) is 50.3 Å². The van der Waals surface area contributed by atoms with Crippen molar-refractivity contribution in [3.63, 3.8) is 0 Å². The molecule has 0 unspecified atom stereocenters. The number of anilines is 4. The fraction of sp³-hybridized carbons (Fsp3) is 0.125. The van der Waals surface area contributed by atoms with E-state index < -0.39 is 0 Å². The molecule has 128 valence electrons. The number of hydrogen-bond donors (Lipinski definition) is 3. The lowest BCUT2D eigenvalue weighted by Gasteiger charge is -2.09. The van der Waals surface area contributed by atoms with Crippen molar-refractivity contribution < 1.29 is 4.79 Å². The molecule has 2 aromatic heterocycles. The molecule has 3 aromatic rings. The summed E-state index contributed by atoms with van der Waals surface area (Å²) in [6.07, 6.45) is 1.53. The van der Waals surface area contributed by atoms with Crippen LogP contribution in [0.2, 0.25) is 0 Å². The zero-order chi connectivity index (χ0) is 18.0. The Bertz CT molecular complexity index is 902. The fourth-order valence-corrected chi connectivity index (χ4v) is 3.65. The molecule has 0 aliphatic heterocycles. The maximum Gasteiger partial charge on any atom is 0.267 e. The molecule has 7 nitrogen and oxygen atoms in total. The second-order valence-corrected chi connectivity index (χ2v) is 7.46. The highest BCUT2D eigenvalue weighted by molar-refractivity contribution is 14.1. The standard InChI is InChI=1S/C16H15IN6OS/c1-8-4-3-5-10(17)14(8)23-15(24)11-7-19-16(25-11)22-13-6-12(18)20-9(2)21-13/h3-7H,1-2H3,(H,23,24)(H3,18,19,20,21,22). The summed E-state index contributed by atoms with van der Waals surface area (Å²) in [5.41, 5.74) is 7.53. The molecule has 0 fully saturated rings. The van der Waals surface area contributed by atoms with E-state index in [4.69, 9.17) is 5.73 Å². The van der Waals surface area contributed by atoms with Crippen molar-refractivity contribution in [3.8, 4) is 0 Å². The third-order valence-electron chi connectivity index (χ3n) is 3.28. The van der Waals surface area contributed by atoms with Gasteiger partial charge in [-0.25, -0.2) is 15.0 Å². The normalized spacial score (nSPS) is 10.5. The molecular weight excluding hydrogens is 451 g/mol. The topological polar surface area (TPSA) is 106 Å². The number of halogens is 1. The highest BCUT2D eigenvalue weighted by atomic mass is 127.